The molecule has 1 aromatic heterocycles. The van der Waals surface area contributed by atoms with Gasteiger partial charge in [-0.15, -0.1) is 11.3 Å². The van der Waals surface area contributed by atoms with E-state index in [0.29, 0.717) is 12.6 Å². The van der Waals surface area contributed by atoms with Crippen LogP contribution >= 0.6 is 27.3 Å². The molecule has 0 bridgehead atoms. The van der Waals surface area contributed by atoms with Crippen LogP contribution in [0, 0.1) is 0 Å². The number of thiophene rings is 1. The van der Waals surface area contributed by atoms with Crippen molar-refractivity contribution in [1.82, 2.24) is 5.32 Å². The summed E-state index contributed by atoms with van der Waals surface area (Å²) in [6.07, 6.45) is 0. The molecule has 0 fully saturated rings. The summed E-state index contributed by atoms with van der Waals surface area (Å²) in [4.78, 5) is 1.22. The van der Waals surface area contributed by atoms with Gasteiger partial charge in [-0.3, -0.25) is 0 Å². The van der Waals surface area contributed by atoms with Crippen LogP contribution in [-0.2, 0) is 6.61 Å². The molecule has 2 rings (SSSR count). The van der Waals surface area contributed by atoms with Crippen LogP contribution in [0.2, 0.25) is 0 Å². The van der Waals surface area contributed by atoms with E-state index in [1.54, 1.807) is 11.3 Å². The molecule has 0 aliphatic carbocycles. The van der Waals surface area contributed by atoms with Crippen molar-refractivity contribution in [3.8, 4) is 5.75 Å². The average Bonchev–Trinajstić information content (AvgIpc) is 2.82. The molecule has 18 heavy (non-hydrogen) atoms. The van der Waals surface area contributed by atoms with Gasteiger partial charge in [0, 0.05) is 20.8 Å². The average molecular weight is 326 g/mol. The highest BCUT2D eigenvalue weighted by Crippen LogP contribution is 2.22. The summed E-state index contributed by atoms with van der Waals surface area (Å²) in [5.74, 6) is 0.909. The van der Waals surface area contributed by atoms with E-state index >= 15 is 0 Å². The minimum Gasteiger partial charge on any atom is -0.488 e. The van der Waals surface area contributed by atoms with E-state index in [2.05, 4.69) is 51.7 Å². The van der Waals surface area contributed by atoms with Crippen LogP contribution < -0.4 is 10.1 Å². The van der Waals surface area contributed by atoms with Gasteiger partial charge >= 0.3 is 0 Å². The molecule has 4 heteroatoms. The maximum absolute atomic E-state index is 5.74. The van der Waals surface area contributed by atoms with Crippen molar-refractivity contribution in [2.75, 3.05) is 7.05 Å². The summed E-state index contributed by atoms with van der Waals surface area (Å²) in [5.41, 5.74) is 1.27. The molecule has 96 valence electrons. The van der Waals surface area contributed by atoms with Crippen LogP contribution in [0.25, 0.3) is 0 Å². The fraction of sp³-hybridized carbons (Fsp3) is 0.286. The van der Waals surface area contributed by atoms with E-state index in [4.69, 9.17) is 4.74 Å². The second kappa shape index (κ2) is 6.36. The van der Waals surface area contributed by atoms with Gasteiger partial charge in [-0.2, -0.15) is 0 Å². The van der Waals surface area contributed by atoms with E-state index in [1.165, 1.54) is 10.4 Å². The second-order valence-electron chi connectivity index (χ2n) is 4.10. The molecule has 2 aromatic rings. The smallest absolute Gasteiger partial charge is 0.122 e. The van der Waals surface area contributed by atoms with Crippen LogP contribution in [0.1, 0.15) is 23.4 Å². The Morgan fingerprint density at radius 2 is 2.06 bits per heavy atom. The summed E-state index contributed by atoms with van der Waals surface area (Å²) < 4.78 is 6.86. The number of benzene rings is 1. The number of hydrogen-bond donors (Lipinski definition) is 1. The molecule has 1 atom stereocenters. The zero-order valence-corrected chi connectivity index (χ0v) is 12.8. The molecule has 0 spiro atoms. The van der Waals surface area contributed by atoms with Crippen LogP contribution in [-0.4, -0.2) is 7.05 Å². The molecule has 0 saturated heterocycles. The van der Waals surface area contributed by atoms with Crippen LogP contribution in [0.15, 0.2) is 40.2 Å². The van der Waals surface area contributed by atoms with Crippen molar-refractivity contribution in [1.29, 1.82) is 0 Å². The molecule has 1 unspecified atom stereocenters. The Hall–Kier alpha value is -0.840. The van der Waals surface area contributed by atoms with Crippen LogP contribution in [0.3, 0.4) is 0 Å². The third-order valence-corrected chi connectivity index (χ3v) is 4.49. The first-order chi connectivity index (χ1) is 8.69. The predicted octanol–water partition coefficient (Wildman–Crippen LogP) is 4.37. The predicted molar refractivity (Wildman–Crippen MR) is 80.3 cm³/mol. The third-order valence-electron chi connectivity index (χ3n) is 2.82. The summed E-state index contributed by atoms with van der Waals surface area (Å²) in [6, 6.07) is 10.7. The fourth-order valence-electron chi connectivity index (χ4n) is 1.60. The Morgan fingerprint density at radius 1 is 1.33 bits per heavy atom. The summed E-state index contributed by atoms with van der Waals surface area (Å²) >= 11 is 5.14. The largest absolute Gasteiger partial charge is 0.488 e. The molecule has 0 aliphatic rings. The van der Waals surface area contributed by atoms with Crippen molar-refractivity contribution < 1.29 is 4.74 Å². The fourth-order valence-corrected chi connectivity index (χ4v) is 2.97. The van der Waals surface area contributed by atoms with Gasteiger partial charge in [0.2, 0.25) is 0 Å². The quantitative estimate of drug-likeness (QED) is 0.881. The molecule has 0 amide bonds. The second-order valence-corrected chi connectivity index (χ2v) is 6.01. The van der Waals surface area contributed by atoms with Crippen molar-refractivity contribution in [3.63, 3.8) is 0 Å². The Balaban J connectivity index is 1.94. The number of halogens is 1. The molecule has 2 nitrogen and oxygen atoms in total. The first kappa shape index (κ1) is 13.6. The van der Waals surface area contributed by atoms with Crippen LogP contribution in [0.4, 0.5) is 0 Å². The van der Waals surface area contributed by atoms with Crippen molar-refractivity contribution in [3.05, 3.63) is 50.6 Å². The van der Waals surface area contributed by atoms with E-state index in [0.717, 1.165) is 10.2 Å². The lowest BCUT2D eigenvalue weighted by molar-refractivity contribution is 0.309. The Bertz CT molecular complexity index is 495. The van der Waals surface area contributed by atoms with Gasteiger partial charge in [-0.05, 0) is 53.7 Å². The molecule has 0 saturated carbocycles. The van der Waals surface area contributed by atoms with Crippen molar-refractivity contribution in [2.24, 2.45) is 0 Å². The molecule has 1 aromatic carbocycles. The number of nitrogens with one attached hydrogen (secondary N) is 1. The zero-order chi connectivity index (χ0) is 13.0. The van der Waals surface area contributed by atoms with Gasteiger partial charge in [-0.1, -0.05) is 12.1 Å². The van der Waals surface area contributed by atoms with E-state index in [9.17, 15) is 0 Å². The Morgan fingerprint density at radius 3 is 2.61 bits per heavy atom. The number of rotatable bonds is 5. The first-order valence-corrected chi connectivity index (χ1v) is 7.49. The maximum atomic E-state index is 5.74. The van der Waals surface area contributed by atoms with Crippen molar-refractivity contribution >= 4 is 27.3 Å². The third kappa shape index (κ3) is 3.57. The maximum Gasteiger partial charge on any atom is 0.122 e. The highest BCUT2D eigenvalue weighted by atomic mass is 79.9. The molecule has 0 radical (unpaired) electrons. The van der Waals surface area contributed by atoms with Gasteiger partial charge in [0.15, 0.2) is 0 Å². The first-order valence-electron chi connectivity index (χ1n) is 5.82. The summed E-state index contributed by atoms with van der Waals surface area (Å²) in [6.45, 7) is 2.76. The highest BCUT2D eigenvalue weighted by molar-refractivity contribution is 9.10. The van der Waals surface area contributed by atoms with Gasteiger partial charge in [0.1, 0.15) is 12.4 Å². The lowest BCUT2D eigenvalue weighted by Gasteiger charge is -2.11. The van der Waals surface area contributed by atoms with E-state index < -0.39 is 0 Å². The highest BCUT2D eigenvalue weighted by Gasteiger charge is 2.03. The minimum atomic E-state index is 0.368. The Kier molecular flexibility index (Phi) is 4.80. The topological polar surface area (TPSA) is 21.3 Å². The molecule has 1 heterocycles. The number of ether oxygens (including phenoxy) is 1. The number of hydrogen-bond acceptors (Lipinski definition) is 3. The zero-order valence-electron chi connectivity index (χ0n) is 10.4. The Labute approximate surface area is 120 Å². The summed E-state index contributed by atoms with van der Waals surface area (Å²) in [5, 5.41) is 5.28. The molecular weight excluding hydrogens is 310 g/mol. The monoisotopic (exact) mass is 325 g/mol. The van der Waals surface area contributed by atoms with Gasteiger partial charge in [0.05, 0.1) is 0 Å². The van der Waals surface area contributed by atoms with Gasteiger partial charge in [-0.25, -0.2) is 0 Å². The minimum absolute atomic E-state index is 0.368. The summed E-state index contributed by atoms with van der Waals surface area (Å²) in [7, 11) is 1.96. The molecule has 0 aliphatic heterocycles. The van der Waals surface area contributed by atoms with Crippen LogP contribution in [0.5, 0.6) is 5.75 Å². The SMILES string of the molecule is CNC(C)c1ccc(OCc2cc(Br)cs2)cc1. The van der Waals surface area contributed by atoms with Crippen molar-refractivity contribution in [2.45, 2.75) is 19.6 Å². The van der Waals surface area contributed by atoms with Gasteiger partial charge < -0.3 is 10.1 Å². The standard InChI is InChI=1S/C14H16BrNOS/c1-10(16-2)11-3-5-13(6-4-11)17-8-14-7-12(15)9-18-14/h3-7,9-10,16H,8H2,1-2H3. The van der Waals surface area contributed by atoms with E-state index in [-0.39, 0.29) is 0 Å². The molecular formula is C14H16BrNOS. The van der Waals surface area contributed by atoms with E-state index in [1.807, 2.05) is 19.2 Å². The molecule has 1 N–H and O–H groups in total. The van der Waals surface area contributed by atoms with Gasteiger partial charge in [0.25, 0.3) is 0 Å². The normalized spacial score (nSPS) is 12.4. The lowest BCUT2D eigenvalue weighted by atomic mass is 10.1. The lowest BCUT2D eigenvalue weighted by Crippen LogP contribution is -2.11.